The molecule has 1 saturated heterocycles. The zero-order valence-corrected chi connectivity index (χ0v) is 18.9. The first kappa shape index (κ1) is 22.3. The van der Waals surface area contributed by atoms with Gasteiger partial charge in [-0.2, -0.15) is 0 Å². The second-order valence-electron chi connectivity index (χ2n) is 6.88. The van der Waals surface area contributed by atoms with E-state index in [1.54, 1.807) is 37.3 Å². The van der Waals surface area contributed by atoms with Gasteiger partial charge in [-0.3, -0.25) is 14.9 Å². The lowest BCUT2D eigenvalue weighted by molar-refractivity contribution is -0.122. The van der Waals surface area contributed by atoms with Gasteiger partial charge in [-0.25, -0.2) is 9.69 Å². The number of nitrogens with one attached hydrogen (secondary N) is 1. The fraction of sp³-hybridized carbons (Fsp3) is 0.174. The number of imide groups is 2. The molecule has 1 aliphatic heterocycles. The van der Waals surface area contributed by atoms with Crippen molar-refractivity contribution in [2.24, 2.45) is 0 Å². The van der Waals surface area contributed by atoms with Crippen LogP contribution in [0.1, 0.15) is 16.7 Å². The van der Waals surface area contributed by atoms with Crippen LogP contribution in [0.4, 0.5) is 10.5 Å². The molecule has 0 saturated carbocycles. The average Bonchev–Trinajstić information content (AvgIpc) is 2.71. The molecule has 0 aliphatic carbocycles. The lowest BCUT2D eigenvalue weighted by Crippen LogP contribution is -2.54. The third-order valence-corrected chi connectivity index (χ3v) is 5.19. The van der Waals surface area contributed by atoms with Crippen LogP contribution in [-0.4, -0.2) is 31.6 Å². The summed E-state index contributed by atoms with van der Waals surface area (Å²) in [5.41, 5.74) is 2.49. The standard InChI is InChI=1S/C23H21BrN2O5/c1-5-8-31-20-17(24)11-15(12-19(20)30-4)10-16-21(27)25-23(29)26(22(16)28)18-7-6-13(2)9-14(18)3/h5-7,9-12H,1,8H2,2-4H3,(H,25,27,29)/b16-10+. The van der Waals surface area contributed by atoms with Gasteiger partial charge in [0.2, 0.25) is 0 Å². The van der Waals surface area contributed by atoms with Crippen molar-refractivity contribution in [2.45, 2.75) is 13.8 Å². The van der Waals surface area contributed by atoms with Gasteiger partial charge in [0, 0.05) is 0 Å². The molecule has 3 rings (SSSR count). The summed E-state index contributed by atoms with van der Waals surface area (Å²) in [4.78, 5) is 39.0. The van der Waals surface area contributed by atoms with Crippen LogP contribution in [0.3, 0.4) is 0 Å². The van der Waals surface area contributed by atoms with Crippen molar-refractivity contribution in [1.29, 1.82) is 0 Å². The maximum absolute atomic E-state index is 13.1. The number of hydrogen-bond acceptors (Lipinski definition) is 5. The van der Waals surface area contributed by atoms with Gasteiger partial charge < -0.3 is 9.47 Å². The maximum Gasteiger partial charge on any atom is 0.335 e. The molecule has 160 valence electrons. The highest BCUT2D eigenvalue weighted by atomic mass is 79.9. The Hall–Kier alpha value is -3.39. The minimum atomic E-state index is -0.786. The molecular formula is C23H21BrN2O5. The molecule has 2 aromatic carbocycles. The number of methoxy groups -OCH3 is 1. The summed E-state index contributed by atoms with van der Waals surface area (Å²) in [5, 5.41) is 2.23. The monoisotopic (exact) mass is 484 g/mol. The first-order chi connectivity index (χ1) is 14.8. The summed E-state index contributed by atoms with van der Waals surface area (Å²) < 4.78 is 11.5. The number of amides is 4. The topological polar surface area (TPSA) is 84.9 Å². The van der Waals surface area contributed by atoms with E-state index in [9.17, 15) is 14.4 Å². The van der Waals surface area contributed by atoms with Crippen LogP contribution in [0.25, 0.3) is 6.08 Å². The van der Waals surface area contributed by atoms with Crippen LogP contribution in [0.2, 0.25) is 0 Å². The van der Waals surface area contributed by atoms with Crippen molar-refractivity contribution < 1.29 is 23.9 Å². The van der Waals surface area contributed by atoms with Gasteiger partial charge in [0.15, 0.2) is 11.5 Å². The molecule has 7 nitrogen and oxygen atoms in total. The summed E-state index contributed by atoms with van der Waals surface area (Å²) in [6, 6.07) is 7.87. The van der Waals surface area contributed by atoms with Gasteiger partial charge in [-0.05, 0) is 65.2 Å². The smallest absolute Gasteiger partial charge is 0.335 e. The van der Waals surface area contributed by atoms with E-state index in [1.807, 2.05) is 13.0 Å². The van der Waals surface area contributed by atoms with Crippen molar-refractivity contribution in [3.63, 3.8) is 0 Å². The van der Waals surface area contributed by atoms with E-state index in [0.717, 1.165) is 16.0 Å². The summed E-state index contributed by atoms with van der Waals surface area (Å²) in [5.74, 6) is -0.592. The molecule has 0 atom stereocenters. The van der Waals surface area contributed by atoms with Crippen LogP contribution in [0.15, 0.2) is 53.0 Å². The Morgan fingerprint density at radius 3 is 2.55 bits per heavy atom. The minimum absolute atomic E-state index is 0.173. The molecule has 8 heteroatoms. The number of anilines is 1. The molecule has 0 bridgehead atoms. The Labute approximate surface area is 188 Å². The van der Waals surface area contributed by atoms with Crippen molar-refractivity contribution >= 4 is 45.5 Å². The van der Waals surface area contributed by atoms with Crippen molar-refractivity contribution in [3.8, 4) is 11.5 Å². The number of carbonyl (C=O) groups excluding carboxylic acids is 3. The summed E-state index contributed by atoms with van der Waals surface area (Å²) in [6.07, 6.45) is 3.01. The lowest BCUT2D eigenvalue weighted by atomic mass is 10.0. The van der Waals surface area contributed by atoms with Gasteiger partial charge in [0.1, 0.15) is 12.2 Å². The molecule has 1 N–H and O–H groups in total. The molecule has 4 amide bonds. The second kappa shape index (κ2) is 9.18. The molecule has 31 heavy (non-hydrogen) atoms. The van der Waals surface area contributed by atoms with Crippen LogP contribution in [0.5, 0.6) is 11.5 Å². The molecule has 2 aromatic rings. The quantitative estimate of drug-likeness (QED) is 0.375. The maximum atomic E-state index is 13.1. The number of benzene rings is 2. The van der Waals surface area contributed by atoms with Gasteiger partial charge in [0.25, 0.3) is 11.8 Å². The summed E-state index contributed by atoms with van der Waals surface area (Å²) >= 11 is 3.42. The predicted molar refractivity (Wildman–Crippen MR) is 121 cm³/mol. The number of ether oxygens (including phenoxy) is 2. The Balaban J connectivity index is 2.04. The van der Waals surface area contributed by atoms with E-state index in [1.165, 1.54) is 13.2 Å². The number of barbiturate groups is 1. The molecule has 0 spiro atoms. The van der Waals surface area contributed by atoms with Crippen LogP contribution in [-0.2, 0) is 9.59 Å². The second-order valence-corrected chi connectivity index (χ2v) is 7.74. The Morgan fingerprint density at radius 2 is 1.90 bits per heavy atom. The molecule has 0 radical (unpaired) electrons. The minimum Gasteiger partial charge on any atom is -0.493 e. The highest BCUT2D eigenvalue weighted by Crippen LogP contribution is 2.37. The first-order valence-electron chi connectivity index (χ1n) is 9.36. The third kappa shape index (κ3) is 4.54. The number of halogens is 1. The first-order valence-corrected chi connectivity index (χ1v) is 10.2. The van der Waals surface area contributed by atoms with E-state index in [0.29, 0.717) is 27.2 Å². The van der Waals surface area contributed by atoms with Gasteiger partial charge >= 0.3 is 6.03 Å². The number of carbonyl (C=O) groups is 3. The zero-order chi connectivity index (χ0) is 22.7. The number of rotatable bonds is 6. The SMILES string of the molecule is C=CCOc1c(Br)cc(/C=C2\C(=O)NC(=O)N(c3ccc(C)cc3C)C2=O)cc1OC. The van der Waals surface area contributed by atoms with Crippen molar-refractivity contribution in [3.05, 3.63) is 69.7 Å². The molecule has 1 fully saturated rings. The molecule has 1 heterocycles. The summed E-state index contributed by atoms with van der Waals surface area (Å²) in [6.45, 7) is 7.61. The van der Waals surface area contributed by atoms with Gasteiger partial charge in [0.05, 0.1) is 17.3 Å². The Morgan fingerprint density at radius 1 is 1.16 bits per heavy atom. The van der Waals surface area contributed by atoms with E-state index < -0.39 is 17.8 Å². The van der Waals surface area contributed by atoms with E-state index in [2.05, 4.69) is 27.8 Å². The third-order valence-electron chi connectivity index (χ3n) is 4.60. The normalized spacial score (nSPS) is 15.2. The van der Waals surface area contributed by atoms with E-state index >= 15 is 0 Å². The highest BCUT2D eigenvalue weighted by molar-refractivity contribution is 9.10. The highest BCUT2D eigenvalue weighted by Gasteiger charge is 2.37. The van der Waals surface area contributed by atoms with Crippen molar-refractivity contribution in [1.82, 2.24) is 5.32 Å². The van der Waals surface area contributed by atoms with Crippen LogP contribution >= 0.6 is 15.9 Å². The van der Waals surface area contributed by atoms with E-state index in [4.69, 9.17) is 9.47 Å². The average molecular weight is 485 g/mol. The molecule has 0 unspecified atom stereocenters. The Kier molecular flexibility index (Phi) is 6.60. The largest absolute Gasteiger partial charge is 0.493 e. The molecule has 0 aromatic heterocycles. The molecular weight excluding hydrogens is 464 g/mol. The number of aryl methyl sites for hydroxylation is 2. The Bertz CT molecular complexity index is 1120. The number of hydrogen-bond donors (Lipinski definition) is 1. The fourth-order valence-electron chi connectivity index (χ4n) is 3.20. The van der Waals surface area contributed by atoms with Crippen molar-refractivity contribution in [2.75, 3.05) is 18.6 Å². The van der Waals surface area contributed by atoms with Crippen LogP contribution in [0, 0.1) is 13.8 Å². The zero-order valence-electron chi connectivity index (χ0n) is 17.3. The fourth-order valence-corrected chi connectivity index (χ4v) is 3.78. The van der Waals surface area contributed by atoms with Gasteiger partial charge in [-0.1, -0.05) is 30.4 Å². The number of nitrogens with zero attached hydrogens (tertiary/aromatic N) is 1. The molecule has 1 aliphatic rings. The number of urea groups is 1. The van der Waals surface area contributed by atoms with Crippen LogP contribution < -0.4 is 19.7 Å². The lowest BCUT2D eigenvalue weighted by Gasteiger charge is -2.27. The summed E-state index contributed by atoms with van der Waals surface area (Å²) in [7, 11) is 1.48. The van der Waals surface area contributed by atoms with Gasteiger partial charge in [-0.15, -0.1) is 0 Å². The predicted octanol–water partition coefficient (Wildman–Crippen LogP) is 4.31. The van der Waals surface area contributed by atoms with E-state index in [-0.39, 0.29) is 12.2 Å².